The SMILES string of the molecule is COc1ccccc1C(NC(=O)C1CCN(CCc2c[nH]c3ccccc23)CC1)c1ccccn1. The number of piperidine rings is 1. The number of methoxy groups -OCH3 is 1. The highest BCUT2D eigenvalue weighted by molar-refractivity contribution is 5.83. The van der Waals surface area contributed by atoms with Crippen molar-refractivity contribution in [3.8, 4) is 5.75 Å². The zero-order valence-electron chi connectivity index (χ0n) is 20.1. The second-order valence-corrected chi connectivity index (χ2v) is 9.16. The van der Waals surface area contributed by atoms with E-state index in [2.05, 4.69) is 50.6 Å². The summed E-state index contributed by atoms with van der Waals surface area (Å²) in [4.78, 5) is 23.7. The van der Waals surface area contributed by atoms with E-state index in [4.69, 9.17) is 4.74 Å². The molecule has 0 bridgehead atoms. The molecule has 2 aromatic carbocycles. The second kappa shape index (κ2) is 10.7. The first-order valence-electron chi connectivity index (χ1n) is 12.3. The van der Waals surface area contributed by atoms with Crippen LogP contribution in [0.1, 0.15) is 35.7 Å². The molecule has 2 aromatic heterocycles. The van der Waals surface area contributed by atoms with Crippen molar-refractivity contribution in [2.75, 3.05) is 26.7 Å². The van der Waals surface area contributed by atoms with E-state index in [-0.39, 0.29) is 17.9 Å². The number of hydrogen-bond donors (Lipinski definition) is 2. The largest absolute Gasteiger partial charge is 0.496 e. The van der Waals surface area contributed by atoms with Crippen LogP contribution in [-0.4, -0.2) is 47.5 Å². The summed E-state index contributed by atoms with van der Waals surface area (Å²) in [6.07, 6.45) is 6.62. The third-order valence-electron chi connectivity index (χ3n) is 7.05. The minimum atomic E-state index is -0.347. The smallest absolute Gasteiger partial charge is 0.224 e. The molecule has 5 rings (SSSR count). The fourth-order valence-electron chi connectivity index (χ4n) is 5.06. The third kappa shape index (κ3) is 5.23. The van der Waals surface area contributed by atoms with Crippen LogP contribution in [0.5, 0.6) is 5.75 Å². The molecule has 1 amide bonds. The number of rotatable bonds is 8. The number of carbonyl (C=O) groups is 1. The van der Waals surface area contributed by atoms with Gasteiger partial charge in [-0.2, -0.15) is 0 Å². The Bertz CT molecular complexity index is 1260. The van der Waals surface area contributed by atoms with Gasteiger partial charge in [0.2, 0.25) is 5.91 Å². The fraction of sp³-hybridized carbons (Fsp3) is 0.310. The van der Waals surface area contributed by atoms with Gasteiger partial charge in [-0.3, -0.25) is 9.78 Å². The standard InChI is InChI=1S/C29H32N4O2/c1-35-27-12-5-3-9-24(27)28(26-11-6-7-16-30-26)32-29(34)21-13-17-33(18-14-21)19-15-22-20-31-25-10-4-2-8-23(22)25/h2-12,16,20-21,28,31H,13-15,17-19H2,1H3,(H,32,34). The van der Waals surface area contributed by atoms with Gasteiger partial charge in [-0.1, -0.05) is 42.5 Å². The molecule has 0 radical (unpaired) electrons. The molecule has 3 heterocycles. The predicted octanol–water partition coefficient (Wildman–Crippen LogP) is 4.73. The number of fused-ring (bicyclic) bond motifs is 1. The zero-order valence-corrected chi connectivity index (χ0v) is 20.1. The Hall–Kier alpha value is -3.64. The Morgan fingerprint density at radius 2 is 1.86 bits per heavy atom. The maximum absolute atomic E-state index is 13.4. The van der Waals surface area contributed by atoms with E-state index in [0.29, 0.717) is 0 Å². The lowest BCUT2D eigenvalue weighted by molar-refractivity contribution is -0.127. The number of pyridine rings is 1. The summed E-state index contributed by atoms with van der Waals surface area (Å²) in [7, 11) is 1.65. The van der Waals surface area contributed by atoms with Crippen molar-refractivity contribution in [3.05, 3.63) is 95.9 Å². The van der Waals surface area contributed by atoms with Gasteiger partial charge < -0.3 is 19.9 Å². The Balaban J connectivity index is 1.21. The van der Waals surface area contributed by atoms with Crippen molar-refractivity contribution in [1.82, 2.24) is 20.2 Å². The first kappa shape index (κ1) is 23.1. The first-order valence-corrected chi connectivity index (χ1v) is 12.3. The highest BCUT2D eigenvalue weighted by Gasteiger charge is 2.29. The van der Waals surface area contributed by atoms with Crippen LogP contribution in [-0.2, 0) is 11.2 Å². The Morgan fingerprint density at radius 1 is 1.09 bits per heavy atom. The number of nitrogens with one attached hydrogen (secondary N) is 2. The molecule has 6 nitrogen and oxygen atoms in total. The Morgan fingerprint density at radius 3 is 2.66 bits per heavy atom. The summed E-state index contributed by atoms with van der Waals surface area (Å²) < 4.78 is 5.59. The minimum Gasteiger partial charge on any atom is -0.496 e. The number of aromatic nitrogens is 2. The molecule has 1 aliphatic rings. The van der Waals surface area contributed by atoms with E-state index in [9.17, 15) is 4.79 Å². The van der Waals surface area contributed by atoms with E-state index in [1.54, 1.807) is 13.3 Å². The molecule has 1 unspecified atom stereocenters. The van der Waals surface area contributed by atoms with Gasteiger partial charge in [0.05, 0.1) is 18.8 Å². The number of H-pyrrole nitrogens is 1. The number of hydrogen-bond acceptors (Lipinski definition) is 4. The molecule has 0 spiro atoms. The molecule has 1 fully saturated rings. The Kier molecular flexibility index (Phi) is 7.09. The molecule has 6 heteroatoms. The number of ether oxygens (including phenoxy) is 1. The monoisotopic (exact) mass is 468 g/mol. The summed E-state index contributed by atoms with van der Waals surface area (Å²) in [6.45, 7) is 2.88. The number of likely N-dealkylation sites (tertiary alicyclic amines) is 1. The van der Waals surface area contributed by atoms with Gasteiger partial charge in [0.1, 0.15) is 5.75 Å². The van der Waals surface area contributed by atoms with E-state index >= 15 is 0 Å². The number of carbonyl (C=O) groups excluding carboxylic acids is 1. The fourth-order valence-corrected chi connectivity index (χ4v) is 5.06. The van der Waals surface area contributed by atoms with Crippen LogP contribution in [0.3, 0.4) is 0 Å². The molecule has 0 aliphatic carbocycles. The lowest BCUT2D eigenvalue weighted by Gasteiger charge is -2.32. The number of nitrogens with zero attached hydrogens (tertiary/aromatic N) is 2. The zero-order chi connectivity index (χ0) is 24.0. The van der Waals surface area contributed by atoms with Crippen LogP contribution in [0.25, 0.3) is 10.9 Å². The molecular formula is C29H32N4O2. The highest BCUT2D eigenvalue weighted by Crippen LogP contribution is 2.30. The lowest BCUT2D eigenvalue weighted by atomic mass is 9.94. The summed E-state index contributed by atoms with van der Waals surface area (Å²) >= 11 is 0. The molecule has 0 saturated carbocycles. The van der Waals surface area contributed by atoms with Crippen molar-refractivity contribution < 1.29 is 9.53 Å². The van der Waals surface area contributed by atoms with Gasteiger partial charge in [0, 0.05) is 41.3 Å². The number of benzene rings is 2. The van der Waals surface area contributed by atoms with Gasteiger partial charge in [-0.05, 0) is 62.2 Å². The number of para-hydroxylation sites is 2. The molecule has 180 valence electrons. The van der Waals surface area contributed by atoms with E-state index < -0.39 is 0 Å². The maximum Gasteiger partial charge on any atom is 0.224 e. The summed E-state index contributed by atoms with van der Waals surface area (Å²) in [5.74, 6) is 0.832. The molecule has 35 heavy (non-hydrogen) atoms. The summed E-state index contributed by atoms with van der Waals surface area (Å²) in [5.41, 5.74) is 4.27. The Labute approximate surface area is 206 Å². The van der Waals surface area contributed by atoms with Crippen molar-refractivity contribution in [3.63, 3.8) is 0 Å². The molecule has 4 aromatic rings. The minimum absolute atomic E-state index is 0.000239. The number of aromatic amines is 1. The van der Waals surface area contributed by atoms with Gasteiger partial charge in [0.15, 0.2) is 0 Å². The van der Waals surface area contributed by atoms with Gasteiger partial charge >= 0.3 is 0 Å². The van der Waals surface area contributed by atoms with Crippen LogP contribution in [0.15, 0.2) is 79.1 Å². The second-order valence-electron chi connectivity index (χ2n) is 9.16. The van der Waals surface area contributed by atoms with Crippen LogP contribution >= 0.6 is 0 Å². The molecular weight excluding hydrogens is 436 g/mol. The van der Waals surface area contributed by atoms with E-state index in [0.717, 1.165) is 55.9 Å². The van der Waals surface area contributed by atoms with Crippen LogP contribution in [0.4, 0.5) is 0 Å². The van der Waals surface area contributed by atoms with E-state index in [1.165, 1.54) is 16.5 Å². The van der Waals surface area contributed by atoms with Crippen molar-refractivity contribution in [1.29, 1.82) is 0 Å². The first-order chi connectivity index (χ1) is 17.2. The predicted molar refractivity (Wildman–Crippen MR) is 138 cm³/mol. The number of amides is 1. The maximum atomic E-state index is 13.4. The van der Waals surface area contributed by atoms with Gasteiger partial charge in [0.25, 0.3) is 0 Å². The van der Waals surface area contributed by atoms with Crippen molar-refractivity contribution in [2.24, 2.45) is 5.92 Å². The average Bonchev–Trinajstić information content (AvgIpc) is 3.34. The molecule has 1 saturated heterocycles. The summed E-state index contributed by atoms with van der Waals surface area (Å²) in [5, 5.41) is 4.58. The van der Waals surface area contributed by atoms with Gasteiger partial charge in [-0.25, -0.2) is 0 Å². The lowest BCUT2D eigenvalue weighted by Crippen LogP contribution is -2.42. The quantitative estimate of drug-likeness (QED) is 0.392. The third-order valence-corrected chi connectivity index (χ3v) is 7.05. The van der Waals surface area contributed by atoms with E-state index in [1.807, 2.05) is 42.5 Å². The normalized spacial score (nSPS) is 15.7. The highest BCUT2D eigenvalue weighted by atomic mass is 16.5. The summed E-state index contributed by atoms with van der Waals surface area (Å²) in [6, 6.07) is 21.7. The van der Waals surface area contributed by atoms with Crippen molar-refractivity contribution in [2.45, 2.75) is 25.3 Å². The molecule has 2 N–H and O–H groups in total. The average molecular weight is 469 g/mol. The molecule has 1 atom stereocenters. The van der Waals surface area contributed by atoms with Crippen LogP contribution < -0.4 is 10.1 Å². The van der Waals surface area contributed by atoms with Crippen LogP contribution in [0.2, 0.25) is 0 Å². The van der Waals surface area contributed by atoms with Crippen LogP contribution in [0, 0.1) is 5.92 Å². The topological polar surface area (TPSA) is 70.2 Å². The van der Waals surface area contributed by atoms with Gasteiger partial charge in [-0.15, -0.1) is 0 Å². The van der Waals surface area contributed by atoms with Crippen molar-refractivity contribution >= 4 is 16.8 Å². The molecule has 1 aliphatic heterocycles.